The first kappa shape index (κ1) is 14.4. The maximum absolute atomic E-state index is 12.4. The van der Waals surface area contributed by atoms with Crippen LogP contribution in [-0.2, 0) is 0 Å². The van der Waals surface area contributed by atoms with Crippen LogP contribution in [0.15, 0.2) is 22.7 Å². The van der Waals surface area contributed by atoms with Crippen LogP contribution in [-0.4, -0.2) is 29.2 Å². The van der Waals surface area contributed by atoms with Crippen LogP contribution in [0.25, 0.3) is 0 Å². The molecule has 0 spiro atoms. The number of benzene rings is 1. The van der Waals surface area contributed by atoms with Crippen molar-refractivity contribution in [3.63, 3.8) is 0 Å². The van der Waals surface area contributed by atoms with Crippen LogP contribution in [0.4, 0.5) is 0 Å². The van der Waals surface area contributed by atoms with Gasteiger partial charge < -0.3 is 4.90 Å². The van der Waals surface area contributed by atoms with Crippen LogP contribution in [0.3, 0.4) is 0 Å². The van der Waals surface area contributed by atoms with E-state index in [1.165, 1.54) is 6.42 Å². The van der Waals surface area contributed by atoms with Crippen LogP contribution in [0.2, 0.25) is 5.02 Å². The van der Waals surface area contributed by atoms with Crippen molar-refractivity contribution in [2.75, 3.05) is 18.4 Å². The van der Waals surface area contributed by atoms with E-state index in [-0.39, 0.29) is 5.91 Å². The second-order valence-electron chi connectivity index (χ2n) is 4.54. The Balaban J connectivity index is 2.15. The molecule has 1 aromatic carbocycles. The normalized spacial score (nSPS) is 19.9. The van der Waals surface area contributed by atoms with Gasteiger partial charge in [-0.2, -0.15) is 0 Å². The summed E-state index contributed by atoms with van der Waals surface area (Å²) in [7, 11) is 0. The molecule has 2 nitrogen and oxygen atoms in total. The van der Waals surface area contributed by atoms with Crippen molar-refractivity contribution in [1.82, 2.24) is 4.90 Å². The monoisotopic (exact) mass is 393 g/mol. The van der Waals surface area contributed by atoms with Gasteiger partial charge in [0.25, 0.3) is 5.91 Å². The lowest BCUT2D eigenvalue weighted by Crippen LogP contribution is -2.40. The fraction of sp³-hybridized carbons (Fsp3) is 0.462. The molecule has 0 aliphatic carbocycles. The molecule has 1 atom stereocenters. The number of hydrogen-bond donors (Lipinski definition) is 0. The van der Waals surface area contributed by atoms with Crippen LogP contribution in [0.1, 0.15) is 23.2 Å². The molecule has 1 saturated heterocycles. The Hall–Kier alpha value is -0.0600. The van der Waals surface area contributed by atoms with Gasteiger partial charge in [0.2, 0.25) is 0 Å². The van der Waals surface area contributed by atoms with Crippen molar-refractivity contribution >= 4 is 49.4 Å². The predicted molar refractivity (Wildman–Crippen MR) is 81.6 cm³/mol. The number of carbonyl (C=O) groups excluding carboxylic acids is 1. The van der Waals surface area contributed by atoms with Crippen LogP contribution in [0, 0.1) is 5.92 Å². The summed E-state index contributed by atoms with van der Waals surface area (Å²) in [5.41, 5.74) is 0.689. The number of nitrogens with zero attached hydrogens (tertiary/aromatic N) is 1. The first-order valence-electron chi connectivity index (χ1n) is 5.92. The Morgan fingerprint density at radius 2 is 2.28 bits per heavy atom. The summed E-state index contributed by atoms with van der Waals surface area (Å²) in [6.45, 7) is 1.68. The van der Waals surface area contributed by atoms with Crippen molar-refractivity contribution in [2.24, 2.45) is 5.92 Å². The molecule has 0 radical (unpaired) electrons. The molecule has 1 unspecified atom stereocenters. The van der Waals surface area contributed by atoms with E-state index in [1.807, 2.05) is 4.90 Å². The Morgan fingerprint density at radius 3 is 2.94 bits per heavy atom. The standard InChI is InChI=1S/C13H14Br2ClNO/c14-7-9-2-1-5-17(8-9)13(18)11-4-3-10(16)6-12(11)15/h3-4,6,9H,1-2,5,7-8H2. The molecule has 2 rings (SSSR count). The summed E-state index contributed by atoms with van der Waals surface area (Å²) in [6.07, 6.45) is 2.27. The number of halogens is 3. The second kappa shape index (κ2) is 6.40. The summed E-state index contributed by atoms with van der Waals surface area (Å²) in [6, 6.07) is 5.30. The van der Waals surface area contributed by atoms with Gasteiger partial charge in [-0.3, -0.25) is 4.79 Å². The zero-order valence-electron chi connectivity index (χ0n) is 9.83. The van der Waals surface area contributed by atoms with E-state index >= 15 is 0 Å². The highest BCUT2D eigenvalue weighted by molar-refractivity contribution is 9.10. The molecule has 1 heterocycles. The largest absolute Gasteiger partial charge is 0.338 e. The number of hydrogen-bond acceptors (Lipinski definition) is 1. The maximum atomic E-state index is 12.4. The third-order valence-electron chi connectivity index (χ3n) is 3.19. The quantitative estimate of drug-likeness (QED) is 0.682. The molecule has 0 aromatic heterocycles. The van der Waals surface area contributed by atoms with Gasteiger partial charge in [-0.05, 0) is 52.9 Å². The van der Waals surface area contributed by atoms with Gasteiger partial charge >= 0.3 is 0 Å². The Kier molecular flexibility index (Phi) is 5.10. The van der Waals surface area contributed by atoms with E-state index in [1.54, 1.807) is 18.2 Å². The maximum Gasteiger partial charge on any atom is 0.255 e. The molecule has 0 N–H and O–H groups in total. The smallest absolute Gasteiger partial charge is 0.255 e. The van der Waals surface area contributed by atoms with E-state index in [0.29, 0.717) is 16.5 Å². The fourth-order valence-corrected chi connectivity index (χ4v) is 3.59. The number of alkyl halides is 1. The molecule has 0 saturated carbocycles. The van der Waals surface area contributed by atoms with E-state index in [4.69, 9.17) is 11.6 Å². The topological polar surface area (TPSA) is 20.3 Å². The van der Waals surface area contributed by atoms with Gasteiger partial charge in [0, 0.05) is 27.9 Å². The molecule has 1 aliphatic rings. The van der Waals surface area contributed by atoms with Crippen molar-refractivity contribution in [2.45, 2.75) is 12.8 Å². The minimum atomic E-state index is 0.0872. The number of carbonyl (C=O) groups is 1. The van der Waals surface area contributed by atoms with E-state index in [9.17, 15) is 4.79 Å². The van der Waals surface area contributed by atoms with Gasteiger partial charge in [-0.15, -0.1) is 0 Å². The van der Waals surface area contributed by atoms with Gasteiger partial charge in [0.1, 0.15) is 0 Å². The van der Waals surface area contributed by atoms with Gasteiger partial charge in [-0.1, -0.05) is 27.5 Å². The molecule has 18 heavy (non-hydrogen) atoms. The molecular formula is C13H14Br2ClNO. The van der Waals surface area contributed by atoms with Gasteiger partial charge in [0.05, 0.1) is 5.56 Å². The predicted octanol–water partition coefficient (Wildman–Crippen LogP) is 4.35. The average molecular weight is 396 g/mol. The first-order valence-corrected chi connectivity index (χ1v) is 8.21. The zero-order chi connectivity index (χ0) is 13.1. The summed E-state index contributed by atoms with van der Waals surface area (Å²) < 4.78 is 0.765. The van der Waals surface area contributed by atoms with Crippen molar-refractivity contribution in [1.29, 1.82) is 0 Å². The highest BCUT2D eigenvalue weighted by Gasteiger charge is 2.24. The Labute approximate surface area is 129 Å². The molecule has 1 fully saturated rings. The SMILES string of the molecule is O=C(c1ccc(Cl)cc1Br)N1CCCC(CBr)C1. The lowest BCUT2D eigenvalue weighted by molar-refractivity contribution is 0.0685. The minimum absolute atomic E-state index is 0.0872. The summed E-state index contributed by atoms with van der Waals surface area (Å²) >= 11 is 12.8. The highest BCUT2D eigenvalue weighted by Crippen LogP contribution is 2.25. The summed E-state index contributed by atoms with van der Waals surface area (Å²) in [5.74, 6) is 0.651. The third kappa shape index (κ3) is 3.28. The number of amides is 1. The molecule has 1 aromatic rings. The second-order valence-corrected chi connectivity index (χ2v) is 6.48. The molecule has 0 bridgehead atoms. The fourth-order valence-electron chi connectivity index (χ4n) is 2.21. The van der Waals surface area contributed by atoms with Crippen LogP contribution < -0.4 is 0 Å². The Morgan fingerprint density at radius 1 is 1.50 bits per heavy atom. The van der Waals surface area contributed by atoms with Gasteiger partial charge in [0.15, 0.2) is 0 Å². The summed E-state index contributed by atoms with van der Waals surface area (Å²) in [4.78, 5) is 14.4. The van der Waals surface area contributed by atoms with E-state index in [0.717, 1.165) is 29.3 Å². The van der Waals surface area contributed by atoms with Gasteiger partial charge in [-0.25, -0.2) is 0 Å². The van der Waals surface area contributed by atoms with Crippen molar-refractivity contribution in [3.8, 4) is 0 Å². The number of piperidine rings is 1. The lowest BCUT2D eigenvalue weighted by atomic mass is 9.99. The van der Waals surface area contributed by atoms with Crippen molar-refractivity contribution in [3.05, 3.63) is 33.3 Å². The van der Waals surface area contributed by atoms with Crippen LogP contribution >= 0.6 is 43.5 Å². The van der Waals surface area contributed by atoms with E-state index in [2.05, 4.69) is 31.9 Å². The lowest BCUT2D eigenvalue weighted by Gasteiger charge is -2.32. The number of rotatable bonds is 2. The Bertz CT molecular complexity index is 453. The first-order chi connectivity index (χ1) is 8.61. The summed E-state index contributed by atoms with van der Waals surface area (Å²) in [5, 5.41) is 1.59. The van der Waals surface area contributed by atoms with Crippen molar-refractivity contribution < 1.29 is 4.79 Å². The average Bonchev–Trinajstić information content (AvgIpc) is 2.38. The molecular weight excluding hydrogens is 381 g/mol. The molecule has 1 amide bonds. The molecule has 98 valence electrons. The zero-order valence-corrected chi connectivity index (χ0v) is 13.8. The van der Waals surface area contributed by atoms with Crippen LogP contribution in [0.5, 0.6) is 0 Å². The van der Waals surface area contributed by atoms with E-state index < -0.39 is 0 Å². The molecule has 5 heteroatoms. The third-order valence-corrected chi connectivity index (χ3v) is 4.99. The number of likely N-dealkylation sites (tertiary alicyclic amines) is 1. The minimum Gasteiger partial charge on any atom is -0.338 e. The molecule has 1 aliphatic heterocycles. The highest BCUT2D eigenvalue weighted by atomic mass is 79.9.